The Balaban J connectivity index is 2.82. The second-order valence-electron chi connectivity index (χ2n) is 3.45. The highest BCUT2D eigenvalue weighted by Crippen LogP contribution is 2.25. The highest BCUT2D eigenvalue weighted by molar-refractivity contribution is 6.32. The smallest absolute Gasteiger partial charge is 0.242 e. The van der Waals surface area contributed by atoms with Gasteiger partial charge in [0.15, 0.2) is 5.15 Å². The molecule has 1 unspecified atom stereocenters. The Kier molecular flexibility index (Phi) is 3.52. The highest BCUT2D eigenvalue weighted by atomic mass is 35.5. The number of rotatable bonds is 3. The average molecular weight is 216 g/mol. The van der Waals surface area contributed by atoms with Crippen molar-refractivity contribution in [1.29, 1.82) is 0 Å². The van der Waals surface area contributed by atoms with E-state index in [1.807, 2.05) is 6.92 Å². The van der Waals surface area contributed by atoms with Crippen LogP contribution in [0.1, 0.15) is 20.8 Å². The number of hydrogen-bond donors (Lipinski definition) is 1. The first kappa shape index (κ1) is 11.0. The Labute approximate surface area is 88.5 Å². The van der Waals surface area contributed by atoms with Crippen molar-refractivity contribution in [3.8, 4) is 5.88 Å². The molecule has 0 spiro atoms. The average Bonchev–Trinajstić information content (AvgIpc) is 2.12. The number of anilines is 1. The summed E-state index contributed by atoms with van der Waals surface area (Å²) in [5, 5.41) is 0.228. The summed E-state index contributed by atoms with van der Waals surface area (Å²) in [5.74, 6) is 0.745. The quantitative estimate of drug-likeness (QED) is 0.785. The summed E-state index contributed by atoms with van der Waals surface area (Å²) in [7, 11) is 0. The van der Waals surface area contributed by atoms with Gasteiger partial charge < -0.3 is 10.5 Å². The standard InChI is InChI=1S/C9H14ClN3O/c1-5(2)6(3)14-9-7(11)8(10)12-4-13-9/h4-6H,11H2,1-3H3. The van der Waals surface area contributed by atoms with Crippen molar-refractivity contribution >= 4 is 17.3 Å². The maximum absolute atomic E-state index is 5.72. The molecular formula is C9H14ClN3O. The van der Waals surface area contributed by atoms with Gasteiger partial charge in [0, 0.05) is 0 Å². The van der Waals surface area contributed by atoms with Crippen LogP contribution in [0, 0.1) is 5.92 Å². The highest BCUT2D eigenvalue weighted by Gasteiger charge is 2.13. The number of halogens is 1. The minimum absolute atomic E-state index is 0.0447. The van der Waals surface area contributed by atoms with Crippen LogP contribution >= 0.6 is 11.6 Å². The molecule has 1 aromatic heterocycles. The van der Waals surface area contributed by atoms with Crippen LogP contribution in [-0.2, 0) is 0 Å². The van der Waals surface area contributed by atoms with Gasteiger partial charge in [-0.1, -0.05) is 25.4 Å². The molecule has 0 saturated heterocycles. The lowest BCUT2D eigenvalue weighted by atomic mass is 10.1. The summed E-state index contributed by atoms with van der Waals surface area (Å²) in [6.45, 7) is 6.08. The molecule has 4 nitrogen and oxygen atoms in total. The van der Waals surface area contributed by atoms with Crippen LogP contribution in [0.3, 0.4) is 0 Å². The van der Waals surface area contributed by atoms with Gasteiger partial charge in [0.05, 0.1) is 0 Å². The minimum atomic E-state index is 0.0447. The molecule has 0 radical (unpaired) electrons. The van der Waals surface area contributed by atoms with E-state index in [0.29, 0.717) is 17.5 Å². The van der Waals surface area contributed by atoms with Gasteiger partial charge in [-0.3, -0.25) is 0 Å². The number of nitrogens with two attached hydrogens (primary N) is 1. The van der Waals surface area contributed by atoms with Crippen LogP contribution in [0.5, 0.6) is 5.88 Å². The zero-order chi connectivity index (χ0) is 10.7. The topological polar surface area (TPSA) is 61.0 Å². The fourth-order valence-electron chi connectivity index (χ4n) is 0.765. The first-order valence-electron chi connectivity index (χ1n) is 4.45. The van der Waals surface area contributed by atoms with Crippen LogP contribution in [-0.4, -0.2) is 16.1 Å². The van der Waals surface area contributed by atoms with E-state index in [2.05, 4.69) is 23.8 Å². The number of aromatic nitrogens is 2. The molecule has 14 heavy (non-hydrogen) atoms. The van der Waals surface area contributed by atoms with E-state index in [0.717, 1.165) is 0 Å². The monoisotopic (exact) mass is 215 g/mol. The van der Waals surface area contributed by atoms with Crippen LogP contribution in [0.2, 0.25) is 5.15 Å². The van der Waals surface area contributed by atoms with Gasteiger partial charge in [0.1, 0.15) is 18.1 Å². The van der Waals surface area contributed by atoms with Gasteiger partial charge in [-0.2, -0.15) is 4.98 Å². The summed E-state index contributed by atoms with van der Waals surface area (Å²) < 4.78 is 5.53. The zero-order valence-electron chi connectivity index (χ0n) is 8.49. The Morgan fingerprint density at radius 2 is 2.00 bits per heavy atom. The summed E-state index contributed by atoms with van der Waals surface area (Å²) in [6, 6.07) is 0. The molecule has 78 valence electrons. The van der Waals surface area contributed by atoms with Gasteiger partial charge in [-0.05, 0) is 12.8 Å². The zero-order valence-corrected chi connectivity index (χ0v) is 9.25. The van der Waals surface area contributed by atoms with E-state index >= 15 is 0 Å². The second kappa shape index (κ2) is 4.46. The Morgan fingerprint density at radius 1 is 1.36 bits per heavy atom. The lowest BCUT2D eigenvalue weighted by Crippen LogP contribution is -2.20. The number of nitrogens with zero attached hydrogens (tertiary/aromatic N) is 2. The summed E-state index contributed by atoms with van der Waals surface area (Å²) >= 11 is 5.72. The molecule has 2 N–H and O–H groups in total. The van der Waals surface area contributed by atoms with Crippen molar-refractivity contribution in [3.05, 3.63) is 11.5 Å². The van der Waals surface area contributed by atoms with E-state index in [4.69, 9.17) is 22.1 Å². The molecular weight excluding hydrogens is 202 g/mol. The molecule has 1 aromatic rings. The van der Waals surface area contributed by atoms with E-state index < -0.39 is 0 Å². The molecule has 0 aliphatic heterocycles. The molecule has 1 heterocycles. The first-order chi connectivity index (χ1) is 6.52. The van der Waals surface area contributed by atoms with Gasteiger partial charge >= 0.3 is 0 Å². The molecule has 0 aromatic carbocycles. The van der Waals surface area contributed by atoms with E-state index in [-0.39, 0.29) is 11.3 Å². The van der Waals surface area contributed by atoms with Gasteiger partial charge in [0.25, 0.3) is 0 Å². The third kappa shape index (κ3) is 2.48. The molecule has 5 heteroatoms. The van der Waals surface area contributed by atoms with Crippen molar-refractivity contribution in [2.75, 3.05) is 5.73 Å². The fraction of sp³-hybridized carbons (Fsp3) is 0.556. The van der Waals surface area contributed by atoms with Gasteiger partial charge in [-0.25, -0.2) is 4.98 Å². The Morgan fingerprint density at radius 3 is 2.57 bits per heavy atom. The SMILES string of the molecule is CC(C)C(C)Oc1ncnc(Cl)c1N. The van der Waals surface area contributed by atoms with Crippen LogP contribution in [0.15, 0.2) is 6.33 Å². The first-order valence-corrected chi connectivity index (χ1v) is 4.82. The summed E-state index contributed by atoms with van der Waals surface area (Å²) in [4.78, 5) is 7.66. The lowest BCUT2D eigenvalue weighted by molar-refractivity contribution is 0.164. The van der Waals surface area contributed by atoms with Crippen molar-refractivity contribution in [3.63, 3.8) is 0 Å². The predicted molar refractivity (Wildman–Crippen MR) is 56.4 cm³/mol. The van der Waals surface area contributed by atoms with Crippen molar-refractivity contribution < 1.29 is 4.74 Å². The number of ether oxygens (including phenoxy) is 1. The number of nitrogen functional groups attached to an aromatic ring is 1. The maximum Gasteiger partial charge on any atom is 0.242 e. The molecule has 1 atom stereocenters. The Bertz CT molecular complexity index is 317. The summed E-state index contributed by atoms with van der Waals surface area (Å²) in [5.41, 5.74) is 5.94. The van der Waals surface area contributed by atoms with E-state index in [1.165, 1.54) is 6.33 Å². The third-order valence-corrected chi connectivity index (χ3v) is 2.34. The van der Waals surface area contributed by atoms with Crippen LogP contribution in [0.4, 0.5) is 5.69 Å². The maximum atomic E-state index is 5.72. The second-order valence-corrected chi connectivity index (χ2v) is 3.81. The number of hydrogen-bond acceptors (Lipinski definition) is 4. The minimum Gasteiger partial charge on any atom is -0.473 e. The van der Waals surface area contributed by atoms with Crippen LogP contribution in [0.25, 0.3) is 0 Å². The summed E-state index contributed by atoms with van der Waals surface area (Å²) in [6.07, 6.45) is 1.38. The molecule has 0 fully saturated rings. The molecule has 0 amide bonds. The normalized spacial score (nSPS) is 12.9. The predicted octanol–water partition coefficient (Wildman–Crippen LogP) is 2.14. The molecule has 0 bridgehead atoms. The van der Waals surface area contributed by atoms with Crippen molar-refractivity contribution in [2.24, 2.45) is 5.92 Å². The molecule has 0 aliphatic carbocycles. The van der Waals surface area contributed by atoms with Gasteiger partial charge in [0.2, 0.25) is 5.88 Å². The van der Waals surface area contributed by atoms with E-state index in [1.54, 1.807) is 0 Å². The third-order valence-electron chi connectivity index (χ3n) is 2.04. The Hall–Kier alpha value is -1.03. The molecule has 0 aliphatic rings. The van der Waals surface area contributed by atoms with Gasteiger partial charge in [-0.15, -0.1) is 0 Å². The van der Waals surface area contributed by atoms with Crippen molar-refractivity contribution in [1.82, 2.24) is 9.97 Å². The van der Waals surface area contributed by atoms with Crippen molar-refractivity contribution in [2.45, 2.75) is 26.9 Å². The van der Waals surface area contributed by atoms with Crippen LogP contribution < -0.4 is 10.5 Å². The molecule has 0 saturated carbocycles. The largest absolute Gasteiger partial charge is 0.473 e. The molecule has 1 rings (SSSR count). The fourth-order valence-corrected chi connectivity index (χ4v) is 0.890. The van der Waals surface area contributed by atoms with E-state index in [9.17, 15) is 0 Å². The lowest BCUT2D eigenvalue weighted by Gasteiger charge is -2.18.